The van der Waals surface area contributed by atoms with E-state index in [0.717, 1.165) is 37.5 Å². The van der Waals surface area contributed by atoms with Crippen LogP contribution in [0.2, 0.25) is 0 Å². The topological polar surface area (TPSA) is 63.2 Å². The van der Waals surface area contributed by atoms with Gasteiger partial charge in [0.25, 0.3) is 0 Å². The molecule has 7 heteroatoms. The number of hydrogen-bond acceptors (Lipinski definition) is 4. The largest absolute Gasteiger partial charge is 0.469 e. The molecule has 1 aromatic carbocycles. The summed E-state index contributed by atoms with van der Waals surface area (Å²) in [5.41, 5.74) is 2.35. The summed E-state index contributed by atoms with van der Waals surface area (Å²) in [7, 11) is 4.94. The number of aliphatic imine (C=N–C) groups is 1. The monoisotopic (exact) mass is 461 g/mol. The van der Waals surface area contributed by atoms with Gasteiger partial charge < -0.3 is 19.7 Å². The van der Waals surface area contributed by atoms with Crippen LogP contribution in [0.5, 0.6) is 0 Å². The molecular formula is C18H28IN3O3. The molecule has 0 amide bonds. The molecule has 1 aromatic rings. The van der Waals surface area contributed by atoms with Crippen LogP contribution in [0.25, 0.3) is 0 Å². The molecule has 1 heterocycles. The molecule has 1 saturated heterocycles. The van der Waals surface area contributed by atoms with Gasteiger partial charge in [-0.1, -0.05) is 24.3 Å². The molecule has 0 saturated carbocycles. The number of piperidine rings is 1. The maximum atomic E-state index is 11.6. The Morgan fingerprint density at radius 2 is 1.96 bits per heavy atom. The van der Waals surface area contributed by atoms with Crippen LogP contribution in [-0.4, -0.2) is 51.2 Å². The summed E-state index contributed by atoms with van der Waals surface area (Å²) >= 11 is 0. The zero-order valence-electron chi connectivity index (χ0n) is 15.2. The van der Waals surface area contributed by atoms with Gasteiger partial charge in [-0.3, -0.25) is 9.79 Å². The fraction of sp³-hybridized carbons (Fsp3) is 0.556. The average molecular weight is 461 g/mol. The van der Waals surface area contributed by atoms with E-state index < -0.39 is 0 Å². The number of nitrogens with zero attached hydrogens (tertiary/aromatic N) is 2. The van der Waals surface area contributed by atoms with Gasteiger partial charge in [0.05, 0.1) is 19.6 Å². The van der Waals surface area contributed by atoms with Gasteiger partial charge in [0.15, 0.2) is 5.96 Å². The number of esters is 1. The van der Waals surface area contributed by atoms with Crippen LogP contribution < -0.4 is 5.32 Å². The van der Waals surface area contributed by atoms with Crippen molar-refractivity contribution in [3.05, 3.63) is 35.4 Å². The number of carbonyl (C=O) groups excluding carboxylic acids is 1. The first kappa shape index (κ1) is 21.7. The summed E-state index contributed by atoms with van der Waals surface area (Å²) < 4.78 is 10.0. The normalized spacial score (nSPS) is 15.5. The maximum Gasteiger partial charge on any atom is 0.308 e. The third kappa shape index (κ3) is 6.47. The highest BCUT2D eigenvalue weighted by Crippen LogP contribution is 2.18. The smallest absolute Gasteiger partial charge is 0.308 e. The van der Waals surface area contributed by atoms with Crippen LogP contribution in [0.15, 0.2) is 29.3 Å². The van der Waals surface area contributed by atoms with Crippen LogP contribution in [0.1, 0.15) is 24.0 Å². The Morgan fingerprint density at radius 1 is 1.28 bits per heavy atom. The molecule has 6 nitrogen and oxygen atoms in total. The Balaban J connectivity index is 0.00000312. The third-order valence-corrected chi connectivity index (χ3v) is 4.29. The lowest BCUT2D eigenvalue weighted by Gasteiger charge is -2.33. The van der Waals surface area contributed by atoms with E-state index in [2.05, 4.69) is 33.4 Å². The lowest BCUT2D eigenvalue weighted by molar-refractivity contribution is -0.146. The first-order chi connectivity index (χ1) is 11.7. The summed E-state index contributed by atoms with van der Waals surface area (Å²) in [5, 5.41) is 3.40. The van der Waals surface area contributed by atoms with E-state index in [1.165, 1.54) is 12.7 Å². The number of benzene rings is 1. The van der Waals surface area contributed by atoms with Gasteiger partial charge in [0, 0.05) is 33.8 Å². The Bertz CT molecular complexity index is 572. The highest BCUT2D eigenvalue weighted by molar-refractivity contribution is 14.0. The highest BCUT2D eigenvalue weighted by atomic mass is 127. The predicted molar refractivity (Wildman–Crippen MR) is 109 cm³/mol. The highest BCUT2D eigenvalue weighted by Gasteiger charge is 2.26. The number of nitrogens with one attached hydrogen (secondary N) is 1. The minimum absolute atomic E-state index is 0. The van der Waals surface area contributed by atoms with Crippen molar-refractivity contribution in [3.63, 3.8) is 0 Å². The van der Waals surface area contributed by atoms with Crippen LogP contribution >= 0.6 is 24.0 Å². The van der Waals surface area contributed by atoms with E-state index in [1.807, 2.05) is 6.07 Å². The number of hydrogen-bond donors (Lipinski definition) is 1. The predicted octanol–water partition coefficient (Wildman–Crippen LogP) is 2.41. The minimum atomic E-state index is -0.104. The summed E-state index contributed by atoms with van der Waals surface area (Å²) in [6.07, 6.45) is 1.60. The number of carbonyl (C=O) groups is 1. The van der Waals surface area contributed by atoms with Crippen molar-refractivity contribution in [1.29, 1.82) is 0 Å². The van der Waals surface area contributed by atoms with Crippen molar-refractivity contribution in [3.8, 4) is 0 Å². The molecule has 0 radical (unpaired) electrons. The van der Waals surface area contributed by atoms with Crippen molar-refractivity contribution < 1.29 is 14.3 Å². The first-order valence-electron chi connectivity index (χ1n) is 8.28. The third-order valence-electron chi connectivity index (χ3n) is 4.29. The molecule has 0 spiro atoms. The fourth-order valence-corrected chi connectivity index (χ4v) is 3.00. The Morgan fingerprint density at radius 3 is 2.56 bits per heavy atom. The molecule has 25 heavy (non-hydrogen) atoms. The zero-order chi connectivity index (χ0) is 17.4. The van der Waals surface area contributed by atoms with E-state index in [0.29, 0.717) is 13.2 Å². The summed E-state index contributed by atoms with van der Waals surface area (Å²) in [6, 6.07) is 8.31. The van der Waals surface area contributed by atoms with Crippen molar-refractivity contribution >= 4 is 35.9 Å². The van der Waals surface area contributed by atoms with Crippen molar-refractivity contribution in [2.75, 3.05) is 34.4 Å². The quantitative estimate of drug-likeness (QED) is 0.316. The van der Waals surface area contributed by atoms with Gasteiger partial charge in [-0.2, -0.15) is 0 Å². The van der Waals surface area contributed by atoms with Gasteiger partial charge in [0.1, 0.15) is 0 Å². The van der Waals surface area contributed by atoms with Gasteiger partial charge >= 0.3 is 5.97 Å². The van der Waals surface area contributed by atoms with Gasteiger partial charge in [0.2, 0.25) is 0 Å². The van der Waals surface area contributed by atoms with Crippen molar-refractivity contribution in [2.45, 2.75) is 26.0 Å². The van der Waals surface area contributed by atoms with E-state index in [1.54, 1.807) is 14.2 Å². The SMILES string of the molecule is CN=C(NCc1cccc(COC)c1)N1CCC(C(=O)OC)CC1.I. The molecule has 0 atom stereocenters. The molecule has 1 aliphatic heterocycles. The average Bonchev–Trinajstić information content (AvgIpc) is 2.63. The molecule has 0 bridgehead atoms. The number of rotatable bonds is 5. The molecule has 2 rings (SSSR count). The lowest BCUT2D eigenvalue weighted by atomic mass is 9.97. The summed E-state index contributed by atoms with van der Waals surface area (Å²) in [4.78, 5) is 18.2. The van der Waals surface area contributed by atoms with Crippen LogP contribution in [-0.2, 0) is 27.4 Å². The van der Waals surface area contributed by atoms with E-state index >= 15 is 0 Å². The summed E-state index contributed by atoms with van der Waals surface area (Å²) in [5.74, 6) is 0.776. The van der Waals surface area contributed by atoms with Crippen LogP contribution in [0.3, 0.4) is 0 Å². The summed E-state index contributed by atoms with van der Waals surface area (Å²) in [6.45, 7) is 2.94. The fourth-order valence-electron chi connectivity index (χ4n) is 3.00. The number of methoxy groups -OCH3 is 2. The van der Waals surface area contributed by atoms with E-state index in [4.69, 9.17) is 9.47 Å². The molecule has 1 fully saturated rings. The number of ether oxygens (including phenoxy) is 2. The second-order valence-corrected chi connectivity index (χ2v) is 5.94. The molecule has 140 valence electrons. The molecule has 0 unspecified atom stereocenters. The Kier molecular flexibility index (Phi) is 9.81. The van der Waals surface area contributed by atoms with Gasteiger partial charge in [-0.25, -0.2) is 0 Å². The maximum absolute atomic E-state index is 11.6. The zero-order valence-corrected chi connectivity index (χ0v) is 17.5. The van der Waals surface area contributed by atoms with E-state index in [-0.39, 0.29) is 35.9 Å². The minimum Gasteiger partial charge on any atom is -0.469 e. The molecule has 0 aromatic heterocycles. The molecule has 1 N–H and O–H groups in total. The number of guanidine groups is 1. The van der Waals surface area contributed by atoms with Crippen LogP contribution in [0.4, 0.5) is 0 Å². The molecular weight excluding hydrogens is 433 g/mol. The number of likely N-dealkylation sites (tertiary alicyclic amines) is 1. The number of halogens is 1. The van der Waals surface area contributed by atoms with Crippen molar-refractivity contribution in [1.82, 2.24) is 10.2 Å². The van der Waals surface area contributed by atoms with Gasteiger partial charge in [-0.05, 0) is 24.0 Å². The molecule has 0 aliphatic carbocycles. The first-order valence-corrected chi connectivity index (χ1v) is 8.28. The Labute approximate surface area is 167 Å². The van der Waals surface area contributed by atoms with Crippen LogP contribution in [0, 0.1) is 5.92 Å². The second kappa shape index (κ2) is 11.3. The molecule has 1 aliphatic rings. The second-order valence-electron chi connectivity index (χ2n) is 5.94. The standard InChI is InChI=1S/C18H27N3O3.HI/c1-19-18(21-9-7-16(8-10-21)17(22)24-3)20-12-14-5-4-6-15(11-14)13-23-2;/h4-6,11,16H,7-10,12-13H2,1-3H3,(H,19,20);1H. The van der Waals surface area contributed by atoms with E-state index in [9.17, 15) is 4.79 Å². The van der Waals surface area contributed by atoms with Gasteiger partial charge in [-0.15, -0.1) is 24.0 Å². The Hall–Kier alpha value is -1.35. The lowest BCUT2D eigenvalue weighted by Crippen LogP contribution is -2.46. The van der Waals surface area contributed by atoms with Crippen molar-refractivity contribution in [2.24, 2.45) is 10.9 Å².